The number of piperidine rings is 1. The molecule has 25 heavy (non-hydrogen) atoms. The van der Waals surface area contributed by atoms with Crippen LogP contribution in [-0.4, -0.2) is 45.2 Å². The van der Waals surface area contributed by atoms with Crippen LogP contribution in [-0.2, 0) is 9.53 Å². The van der Waals surface area contributed by atoms with Crippen molar-refractivity contribution in [1.29, 1.82) is 0 Å². The molecule has 0 unspecified atom stereocenters. The Kier molecular flexibility index (Phi) is 5.08. The van der Waals surface area contributed by atoms with Crippen LogP contribution in [0.4, 0.5) is 0 Å². The molecule has 0 aliphatic carbocycles. The summed E-state index contributed by atoms with van der Waals surface area (Å²) >= 11 is 0. The number of rotatable bonds is 2. The van der Waals surface area contributed by atoms with Gasteiger partial charge >= 0.3 is 5.97 Å². The summed E-state index contributed by atoms with van der Waals surface area (Å²) in [4.78, 5) is 14.9. The normalized spacial score (nSPS) is 29.0. The number of fused-ring (bicyclic) bond motifs is 2. The molecule has 0 amide bonds. The van der Waals surface area contributed by atoms with Gasteiger partial charge in [0, 0.05) is 23.6 Å². The summed E-state index contributed by atoms with van der Waals surface area (Å²) in [7, 11) is 2.30. The second-order valence-electron chi connectivity index (χ2n) is 8.48. The van der Waals surface area contributed by atoms with Crippen molar-refractivity contribution in [2.24, 2.45) is 5.92 Å². The third kappa shape index (κ3) is 3.83. The first-order valence-corrected chi connectivity index (χ1v) is 12.7. The molecule has 2 heterocycles. The van der Waals surface area contributed by atoms with E-state index >= 15 is 0 Å². The minimum Gasteiger partial charge on any atom is -0.469 e. The SMILES string of the molecule is COC(=O)[C@H]1[C@@H](c2ccc(C#C[Si](C)(C)C)cc2)C[C@@H]2CC[C@H]1N2C. The van der Waals surface area contributed by atoms with E-state index < -0.39 is 8.07 Å². The monoisotopic (exact) mass is 355 g/mol. The van der Waals surface area contributed by atoms with Gasteiger partial charge in [0.2, 0.25) is 0 Å². The molecule has 0 saturated carbocycles. The topological polar surface area (TPSA) is 29.5 Å². The number of carbonyl (C=O) groups is 1. The highest BCUT2D eigenvalue weighted by Crippen LogP contribution is 2.46. The number of esters is 1. The highest BCUT2D eigenvalue weighted by Gasteiger charge is 2.49. The smallest absolute Gasteiger partial charge is 0.310 e. The predicted molar refractivity (Wildman–Crippen MR) is 104 cm³/mol. The van der Waals surface area contributed by atoms with E-state index in [9.17, 15) is 4.79 Å². The van der Waals surface area contributed by atoms with Gasteiger partial charge in [0.15, 0.2) is 0 Å². The molecule has 4 atom stereocenters. The quantitative estimate of drug-likeness (QED) is 0.461. The van der Waals surface area contributed by atoms with Gasteiger partial charge in [0.1, 0.15) is 8.07 Å². The average Bonchev–Trinajstić information content (AvgIpc) is 2.82. The first kappa shape index (κ1) is 18.2. The summed E-state index contributed by atoms with van der Waals surface area (Å²) in [5, 5.41) is 0. The summed E-state index contributed by atoms with van der Waals surface area (Å²) in [6.45, 7) is 6.76. The fourth-order valence-corrected chi connectivity index (χ4v) is 4.86. The first-order chi connectivity index (χ1) is 11.8. The van der Waals surface area contributed by atoms with Crippen molar-refractivity contribution in [2.75, 3.05) is 14.2 Å². The Morgan fingerprint density at radius 1 is 1.20 bits per heavy atom. The Balaban J connectivity index is 1.86. The summed E-state index contributed by atoms with van der Waals surface area (Å²) in [6.07, 6.45) is 3.31. The number of nitrogens with zero attached hydrogens (tertiary/aromatic N) is 1. The van der Waals surface area contributed by atoms with Crippen molar-refractivity contribution in [3.05, 3.63) is 35.4 Å². The first-order valence-electron chi connectivity index (χ1n) is 9.23. The molecule has 0 radical (unpaired) electrons. The zero-order valence-corrected chi connectivity index (χ0v) is 17.0. The molecule has 3 rings (SSSR count). The Morgan fingerprint density at radius 2 is 1.88 bits per heavy atom. The lowest BCUT2D eigenvalue weighted by Crippen LogP contribution is -2.49. The Hall–Kier alpha value is -1.57. The van der Waals surface area contributed by atoms with E-state index in [1.54, 1.807) is 0 Å². The van der Waals surface area contributed by atoms with Crippen LogP contribution in [0.15, 0.2) is 24.3 Å². The third-order valence-electron chi connectivity index (χ3n) is 5.66. The van der Waals surface area contributed by atoms with Gasteiger partial charge in [-0.3, -0.25) is 9.69 Å². The van der Waals surface area contributed by atoms with Crippen LogP contribution in [0.5, 0.6) is 0 Å². The summed E-state index contributed by atoms with van der Waals surface area (Å²) in [6, 6.07) is 9.44. The third-order valence-corrected chi connectivity index (χ3v) is 6.54. The Morgan fingerprint density at radius 3 is 2.48 bits per heavy atom. The Bertz CT molecular complexity index is 695. The maximum absolute atomic E-state index is 12.5. The lowest BCUT2D eigenvalue weighted by atomic mass is 9.76. The van der Waals surface area contributed by atoms with E-state index in [0.717, 1.165) is 18.4 Å². The fraction of sp³-hybridized carbons (Fsp3) is 0.571. The van der Waals surface area contributed by atoms with Crippen molar-refractivity contribution >= 4 is 14.0 Å². The summed E-state index contributed by atoms with van der Waals surface area (Å²) in [5.74, 6) is 3.43. The van der Waals surface area contributed by atoms with E-state index in [2.05, 4.69) is 67.3 Å². The van der Waals surface area contributed by atoms with Crippen molar-refractivity contribution in [3.8, 4) is 11.5 Å². The second-order valence-corrected chi connectivity index (χ2v) is 13.2. The van der Waals surface area contributed by atoms with E-state index in [-0.39, 0.29) is 17.8 Å². The summed E-state index contributed by atoms with van der Waals surface area (Å²) in [5.41, 5.74) is 5.73. The van der Waals surface area contributed by atoms with Gasteiger partial charge in [-0.2, -0.15) is 0 Å². The molecule has 2 fully saturated rings. The highest BCUT2D eigenvalue weighted by atomic mass is 28.3. The maximum atomic E-state index is 12.5. The zero-order valence-electron chi connectivity index (χ0n) is 16.0. The molecule has 2 aliphatic heterocycles. The molecule has 0 N–H and O–H groups in total. The van der Waals surface area contributed by atoms with Crippen LogP contribution in [0.2, 0.25) is 19.6 Å². The lowest BCUT2D eigenvalue weighted by molar-refractivity contribution is -0.150. The minimum absolute atomic E-state index is 0.0623. The van der Waals surface area contributed by atoms with E-state index in [1.165, 1.54) is 19.1 Å². The van der Waals surface area contributed by atoms with Crippen molar-refractivity contribution in [1.82, 2.24) is 4.90 Å². The molecular formula is C21H29NO2Si. The van der Waals surface area contributed by atoms with Gasteiger partial charge in [-0.25, -0.2) is 0 Å². The molecular weight excluding hydrogens is 326 g/mol. The van der Waals surface area contributed by atoms with Gasteiger partial charge in [0.05, 0.1) is 13.0 Å². The number of ether oxygens (including phenoxy) is 1. The Labute approximate surface area is 152 Å². The zero-order chi connectivity index (χ0) is 18.2. The lowest BCUT2D eigenvalue weighted by Gasteiger charge is -2.41. The number of benzene rings is 1. The van der Waals surface area contributed by atoms with Crippen molar-refractivity contribution < 1.29 is 9.53 Å². The molecule has 0 spiro atoms. The number of hydrogen-bond donors (Lipinski definition) is 0. The minimum atomic E-state index is -1.36. The predicted octanol–water partition coefficient (Wildman–Crippen LogP) is 3.65. The molecule has 1 aromatic rings. The van der Waals surface area contributed by atoms with Crippen LogP contribution in [0, 0.1) is 17.4 Å². The molecule has 3 nitrogen and oxygen atoms in total. The van der Waals surface area contributed by atoms with Crippen molar-refractivity contribution in [3.63, 3.8) is 0 Å². The van der Waals surface area contributed by atoms with Gasteiger partial charge in [-0.1, -0.05) is 37.7 Å². The molecule has 2 bridgehead atoms. The van der Waals surface area contributed by atoms with Gasteiger partial charge in [0.25, 0.3) is 0 Å². The van der Waals surface area contributed by atoms with E-state index in [4.69, 9.17) is 4.74 Å². The molecule has 2 saturated heterocycles. The van der Waals surface area contributed by atoms with Crippen LogP contribution in [0.3, 0.4) is 0 Å². The molecule has 0 aromatic heterocycles. The van der Waals surface area contributed by atoms with Gasteiger partial charge < -0.3 is 4.74 Å². The van der Waals surface area contributed by atoms with Crippen LogP contribution in [0.1, 0.15) is 36.3 Å². The van der Waals surface area contributed by atoms with E-state index in [0.29, 0.717) is 12.1 Å². The summed E-state index contributed by atoms with van der Waals surface area (Å²) < 4.78 is 5.16. The molecule has 134 valence electrons. The van der Waals surface area contributed by atoms with E-state index in [1.807, 2.05) is 0 Å². The molecule has 2 aliphatic rings. The second kappa shape index (κ2) is 6.97. The van der Waals surface area contributed by atoms with Crippen molar-refractivity contribution in [2.45, 2.75) is 56.9 Å². The average molecular weight is 356 g/mol. The number of carbonyl (C=O) groups excluding carboxylic acids is 1. The number of hydrogen-bond acceptors (Lipinski definition) is 3. The molecule has 1 aromatic carbocycles. The van der Waals surface area contributed by atoms with Crippen LogP contribution >= 0.6 is 0 Å². The van der Waals surface area contributed by atoms with Crippen LogP contribution < -0.4 is 0 Å². The van der Waals surface area contributed by atoms with Crippen LogP contribution in [0.25, 0.3) is 0 Å². The molecule has 4 heteroatoms. The van der Waals surface area contributed by atoms with Gasteiger partial charge in [-0.15, -0.1) is 5.54 Å². The fourth-order valence-electron chi connectivity index (χ4n) is 4.34. The standard InChI is InChI=1S/C21H29NO2Si/c1-22-17-10-11-19(22)20(21(23)24-2)18(14-17)16-8-6-15(7-9-16)12-13-25(3,4)5/h6-9,17-20H,10-11,14H2,1-5H3/t17-,18+,19+,20-/m0/s1. The maximum Gasteiger partial charge on any atom is 0.310 e. The highest BCUT2D eigenvalue weighted by molar-refractivity contribution is 6.83. The van der Waals surface area contributed by atoms with Gasteiger partial charge in [-0.05, 0) is 44.0 Å². The number of methoxy groups -OCH3 is 1. The largest absolute Gasteiger partial charge is 0.469 e.